The number of nitrogens with zero attached hydrogens (tertiary/aromatic N) is 2. The molecule has 0 saturated carbocycles. The van der Waals surface area contributed by atoms with Gasteiger partial charge in [-0.2, -0.15) is 0 Å². The Bertz CT molecular complexity index is 706. The zero-order valence-electron chi connectivity index (χ0n) is 14.4. The molecule has 6 nitrogen and oxygen atoms in total. The highest BCUT2D eigenvalue weighted by atomic mass is 16.5. The Kier molecular flexibility index (Phi) is 5.87. The number of para-hydroxylation sites is 1. The first-order valence-corrected chi connectivity index (χ1v) is 8.39. The molecule has 1 aliphatic heterocycles. The van der Waals surface area contributed by atoms with Crippen molar-refractivity contribution >= 4 is 11.6 Å². The average Bonchev–Trinajstić information content (AvgIpc) is 2.61. The molecule has 1 fully saturated rings. The van der Waals surface area contributed by atoms with Gasteiger partial charge in [-0.15, -0.1) is 0 Å². The second-order valence-corrected chi connectivity index (χ2v) is 6.05. The molecule has 0 aliphatic carbocycles. The maximum atomic E-state index is 5.99. The van der Waals surface area contributed by atoms with Crippen molar-refractivity contribution in [2.24, 2.45) is 10.7 Å². The molecule has 0 aromatic heterocycles. The van der Waals surface area contributed by atoms with Crippen molar-refractivity contribution in [3.63, 3.8) is 0 Å². The molecule has 132 valence electrons. The second-order valence-electron chi connectivity index (χ2n) is 6.05. The minimum Gasteiger partial charge on any atom is -0.457 e. The number of likely N-dealkylation sites (N-methyl/N-ethyl adjacent to an activating group) is 1. The SMILES string of the molecule is CN1CCOC(CN=C(N)Nc2cccc(Oc3ccccc3)c2)C1. The van der Waals surface area contributed by atoms with E-state index in [1.165, 1.54) is 0 Å². The quantitative estimate of drug-likeness (QED) is 0.646. The molecule has 0 spiro atoms. The maximum Gasteiger partial charge on any atom is 0.193 e. The first kappa shape index (κ1) is 17.3. The van der Waals surface area contributed by atoms with Crippen molar-refractivity contribution < 1.29 is 9.47 Å². The average molecular weight is 340 g/mol. The Labute approximate surface area is 148 Å². The molecule has 0 amide bonds. The highest BCUT2D eigenvalue weighted by molar-refractivity contribution is 5.92. The van der Waals surface area contributed by atoms with Gasteiger partial charge < -0.3 is 25.4 Å². The molecule has 2 aromatic carbocycles. The number of hydrogen-bond donors (Lipinski definition) is 2. The second kappa shape index (κ2) is 8.50. The molecule has 1 heterocycles. The lowest BCUT2D eigenvalue weighted by atomic mass is 10.3. The van der Waals surface area contributed by atoms with E-state index in [4.69, 9.17) is 15.2 Å². The summed E-state index contributed by atoms with van der Waals surface area (Å²) in [4.78, 5) is 6.62. The Balaban J connectivity index is 1.56. The van der Waals surface area contributed by atoms with Crippen molar-refractivity contribution in [3.05, 3.63) is 54.6 Å². The fourth-order valence-corrected chi connectivity index (χ4v) is 2.63. The van der Waals surface area contributed by atoms with Crippen molar-refractivity contribution in [2.75, 3.05) is 38.6 Å². The standard InChI is InChI=1S/C19H24N4O2/c1-23-10-11-24-18(14-23)13-21-19(20)22-15-6-5-9-17(12-15)25-16-7-3-2-4-8-16/h2-9,12,18H,10-11,13-14H2,1H3,(H3,20,21,22). The van der Waals surface area contributed by atoms with Crippen LogP contribution in [-0.4, -0.2) is 50.3 Å². The predicted molar refractivity (Wildman–Crippen MR) is 100 cm³/mol. The number of anilines is 1. The summed E-state index contributed by atoms with van der Waals surface area (Å²) in [6.45, 7) is 3.12. The van der Waals surface area contributed by atoms with E-state index in [9.17, 15) is 0 Å². The molecule has 2 aromatic rings. The van der Waals surface area contributed by atoms with Crippen LogP contribution < -0.4 is 15.8 Å². The van der Waals surface area contributed by atoms with Gasteiger partial charge in [-0.05, 0) is 31.3 Å². The van der Waals surface area contributed by atoms with E-state index in [0.717, 1.165) is 36.9 Å². The first-order chi connectivity index (χ1) is 12.2. The highest BCUT2D eigenvalue weighted by Gasteiger charge is 2.17. The fraction of sp³-hybridized carbons (Fsp3) is 0.316. The summed E-state index contributed by atoms with van der Waals surface area (Å²) in [6, 6.07) is 17.3. The van der Waals surface area contributed by atoms with Crippen LogP contribution >= 0.6 is 0 Å². The predicted octanol–water partition coefficient (Wildman–Crippen LogP) is 2.54. The van der Waals surface area contributed by atoms with Crippen LogP contribution in [0.4, 0.5) is 5.69 Å². The van der Waals surface area contributed by atoms with Crippen molar-refractivity contribution in [3.8, 4) is 11.5 Å². The van der Waals surface area contributed by atoms with Crippen LogP contribution in [0.15, 0.2) is 59.6 Å². The molecule has 0 radical (unpaired) electrons. The Morgan fingerprint density at radius 1 is 1.24 bits per heavy atom. The Hall–Kier alpha value is -2.57. The zero-order valence-corrected chi connectivity index (χ0v) is 14.4. The fourth-order valence-electron chi connectivity index (χ4n) is 2.63. The number of nitrogens with two attached hydrogens (primary N) is 1. The summed E-state index contributed by atoms with van der Waals surface area (Å²) in [5.74, 6) is 1.90. The molecule has 1 saturated heterocycles. The van der Waals surface area contributed by atoms with E-state index in [-0.39, 0.29) is 6.10 Å². The maximum absolute atomic E-state index is 5.99. The number of guanidine groups is 1. The van der Waals surface area contributed by atoms with Gasteiger partial charge in [0.15, 0.2) is 5.96 Å². The van der Waals surface area contributed by atoms with Crippen LogP contribution in [0.1, 0.15) is 0 Å². The minimum atomic E-state index is 0.0897. The van der Waals surface area contributed by atoms with E-state index >= 15 is 0 Å². The lowest BCUT2D eigenvalue weighted by Crippen LogP contribution is -2.41. The Morgan fingerprint density at radius 3 is 2.84 bits per heavy atom. The van der Waals surface area contributed by atoms with Gasteiger partial charge in [0.2, 0.25) is 0 Å². The molecule has 25 heavy (non-hydrogen) atoms. The Morgan fingerprint density at radius 2 is 2.04 bits per heavy atom. The summed E-state index contributed by atoms with van der Waals surface area (Å²) < 4.78 is 11.5. The van der Waals surface area contributed by atoms with E-state index in [2.05, 4.69) is 22.3 Å². The minimum absolute atomic E-state index is 0.0897. The third kappa shape index (κ3) is 5.48. The molecular formula is C19H24N4O2. The van der Waals surface area contributed by atoms with Crippen LogP contribution in [0.25, 0.3) is 0 Å². The van der Waals surface area contributed by atoms with Gasteiger partial charge in [-0.3, -0.25) is 4.99 Å². The van der Waals surface area contributed by atoms with E-state index in [1.54, 1.807) is 0 Å². The monoisotopic (exact) mass is 340 g/mol. The topological polar surface area (TPSA) is 72.1 Å². The van der Waals surface area contributed by atoms with Gasteiger partial charge in [-0.25, -0.2) is 0 Å². The number of nitrogens with one attached hydrogen (secondary N) is 1. The van der Waals surface area contributed by atoms with Gasteiger partial charge in [0.05, 0.1) is 19.3 Å². The largest absolute Gasteiger partial charge is 0.457 e. The number of benzene rings is 2. The molecule has 1 atom stereocenters. The third-order valence-electron chi connectivity index (χ3n) is 3.89. The number of hydrogen-bond acceptors (Lipinski definition) is 4. The van der Waals surface area contributed by atoms with Gasteiger partial charge in [-0.1, -0.05) is 24.3 Å². The van der Waals surface area contributed by atoms with Crippen LogP contribution in [0.2, 0.25) is 0 Å². The van der Waals surface area contributed by atoms with Gasteiger partial charge >= 0.3 is 0 Å². The summed E-state index contributed by atoms with van der Waals surface area (Å²) in [7, 11) is 2.08. The van der Waals surface area contributed by atoms with E-state index < -0.39 is 0 Å². The number of rotatable bonds is 5. The lowest BCUT2D eigenvalue weighted by Gasteiger charge is -2.29. The van der Waals surface area contributed by atoms with Crippen LogP contribution in [0.3, 0.4) is 0 Å². The number of morpholine rings is 1. The number of aliphatic imine (C=N–C) groups is 1. The smallest absolute Gasteiger partial charge is 0.193 e. The van der Waals surface area contributed by atoms with Gasteiger partial charge in [0.1, 0.15) is 11.5 Å². The van der Waals surface area contributed by atoms with E-state index in [1.807, 2.05) is 54.6 Å². The van der Waals surface area contributed by atoms with Crippen LogP contribution in [-0.2, 0) is 4.74 Å². The summed E-state index contributed by atoms with van der Waals surface area (Å²) in [5, 5.41) is 3.10. The molecule has 0 bridgehead atoms. The highest BCUT2D eigenvalue weighted by Crippen LogP contribution is 2.23. The molecule has 1 aliphatic rings. The molecule has 1 unspecified atom stereocenters. The third-order valence-corrected chi connectivity index (χ3v) is 3.89. The number of ether oxygens (including phenoxy) is 2. The molecule has 3 rings (SSSR count). The normalized spacial score (nSPS) is 18.8. The van der Waals surface area contributed by atoms with Crippen molar-refractivity contribution in [2.45, 2.75) is 6.10 Å². The summed E-state index contributed by atoms with van der Waals surface area (Å²) >= 11 is 0. The molecule has 6 heteroatoms. The summed E-state index contributed by atoms with van der Waals surface area (Å²) in [5.41, 5.74) is 6.82. The molecular weight excluding hydrogens is 316 g/mol. The van der Waals surface area contributed by atoms with Crippen molar-refractivity contribution in [1.82, 2.24) is 4.90 Å². The van der Waals surface area contributed by atoms with Crippen molar-refractivity contribution in [1.29, 1.82) is 0 Å². The van der Waals surface area contributed by atoms with E-state index in [0.29, 0.717) is 12.5 Å². The molecule has 3 N–H and O–H groups in total. The first-order valence-electron chi connectivity index (χ1n) is 8.39. The lowest BCUT2D eigenvalue weighted by molar-refractivity contribution is -0.0136. The zero-order chi connectivity index (χ0) is 17.5. The van der Waals surface area contributed by atoms with Crippen LogP contribution in [0, 0.1) is 0 Å². The van der Waals surface area contributed by atoms with Crippen LogP contribution in [0.5, 0.6) is 11.5 Å². The van der Waals surface area contributed by atoms with Gasteiger partial charge in [0, 0.05) is 24.8 Å². The summed E-state index contributed by atoms with van der Waals surface area (Å²) in [6.07, 6.45) is 0.0897. The van der Waals surface area contributed by atoms with Gasteiger partial charge in [0.25, 0.3) is 0 Å².